The molecule has 0 aliphatic carbocycles. The van der Waals surface area contributed by atoms with Crippen LogP contribution in [0.15, 0.2) is 36.4 Å². The van der Waals surface area contributed by atoms with Crippen molar-refractivity contribution < 1.29 is 13.9 Å². The van der Waals surface area contributed by atoms with Gasteiger partial charge < -0.3 is 14.8 Å². The molecule has 1 unspecified atom stereocenters. The number of piperidine rings is 1. The van der Waals surface area contributed by atoms with Crippen LogP contribution < -0.4 is 14.8 Å². The van der Waals surface area contributed by atoms with Gasteiger partial charge in [0.2, 0.25) is 0 Å². The van der Waals surface area contributed by atoms with Gasteiger partial charge in [-0.05, 0) is 56.1 Å². The Bertz CT molecular complexity index is 775. The molecule has 3 heterocycles. The lowest BCUT2D eigenvalue weighted by atomic mass is 10.0. The predicted molar refractivity (Wildman–Crippen MR) is 112 cm³/mol. The van der Waals surface area contributed by atoms with Crippen molar-refractivity contribution in [2.75, 3.05) is 26.3 Å². The fraction of sp³-hybridized carbons (Fsp3) is 0.476. The molecule has 1 fully saturated rings. The van der Waals surface area contributed by atoms with Crippen LogP contribution in [0.4, 0.5) is 4.39 Å². The number of nitrogens with one attached hydrogen (secondary N) is 1. The number of nitrogens with zero attached hydrogens (tertiary/aromatic N) is 2. The van der Waals surface area contributed by atoms with E-state index in [9.17, 15) is 4.39 Å². The Hall–Kier alpha value is -1.83. The van der Waals surface area contributed by atoms with E-state index in [2.05, 4.69) is 22.1 Å². The Morgan fingerprint density at radius 3 is 2.79 bits per heavy atom. The van der Waals surface area contributed by atoms with Crippen LogP contribution in [0, 0.1) is 5.82 Å². The maximum atomic E-state index is 13.0. The lowest BCUT2D eigenvalue weighted by molar-refractivity contribution is 0.138. The van der Waals surface area contributed by atoms with Gasteiger partial charge in [0.05, 0.1) is 5.69 Å². The predicted octanol–water partition coefficient (Wildman–Crippen LogP) is 3.42. The topological polar surface area (TPSA) is 46.6 Å². The van der Waals surface area contributed by atoms with E-state index in [4.69, 9.17) is 9.47 Å². The molecule has 0 saturated carbocycles. The van der Waals surface area contributed by atoms with Gasteiger partial charge in [-0.2, -0.15) is 13.5 Å². The number of hydrogen-bond donors (Lipinski definition) is 1. The van der Waals surface area contributed by atoms with Gasteiger partial charge in [0.25, 0.3) is 5.88 Å². The summed E-state index contributed by atoms with van der Waals surface area (Å²) >= 11 is 0. The van der Waals surface area contributed by atoms with Crippen LogP contribution in [0.2, 0.25) is 0 Å². The molecule has 0 amide bonds. The quantitative estimate of drug-likeness (QED) is 0.826. The summed E-state index contributed by atoms with van der Waals surface area (Å²) in [6, 6.07) is 11.3. The second-order valence-corrected chi connectivity index (χ2v) is 7.25. The Morgan fingerprint density at radius 1 is 1.18 bits per heavy atom. The van der Waals surface area contributed by atoms with Crippen LogP contribution in [0.3, 0.4) is 0 Å². The van der Waals surface area contributed by atoms with Crippen LogP contribution in [0.1, 0.15) is 37.1 Å². The Balaban J connectivity index is 0.00000225. The molecule has 2 aliphatic rings. The number of rotatable bonds is 5. The normalized spacial score (nSPS) is 20.3. The standard InChI is InChI=1S/C21H26FN3O2.H2S/c1-15(19-8-9-20-21(24-19)27-12-11-26-20)25-10-2-3-18(14-25)23-13-16-4-6-17(22)7-5-16;/h4-9,15,18,23H,2-3,10-14H2,1H3;1H2/t15?,18-;/m0./s1. The van der Waals surface area contributed by atoms with E-state index < -0.39 is 0 Å². The number of aromatic nitrogens is 1. The maximum absolute atomic E-state index is 13.0. The molecule has 7 heteroatoms. The second kappa shape index (κ2) is 9.58. The van der Waals surface area contributed by atoms with Crippen LogP contribution in [0.5, 0.6) is 11.6 Å². The number of pyridine rings is 1. The van der Waals surface area contributed by atoms with Gasteiger partial charge in [-0.15, -0.1) is 0 Å². The number of likely N-dealkylation sites (tertiary alicyclic amines) is 1. The van der Waals surface area contributed by atoms with Gasteiger partial charge in [0.15, 0.2) is 5.75 Å². The highest BCUT2D eigenvalue weighted by Crippen LogP contribution is 2.31. The zero-order valence-electron chi connectivity index (χ0n) is 16.2. The summed E-state index contributed by atoms with van der Waals surface area (Å²) < 4.78 is 24.2. The monoisotopic (exact) mass is 405 g/mol. The molecule has 0 spiro atoms. The Morgan fingerprint density at radius 2 is 1.96 bits per heavy atom. The first kappa shape index (κ1) is 20.9. The lowest BCUT2D eigenvalue weighted by Crippen LogP contribution is -2.46. The number of hydrogen-bond acceptors (Lipinski definition) is 5. The van der Waals surface area contributed by atoms with E-state index in [-0.39, 0.29) is 25.4 Å². The molecule has 0 bridgehead atoms. The largest absolute Gasteiger partial charge is 0.484 e. The van der Waals surface area contributed by atoms with Gasteiger partial charge in [0, 0.05) is 25.2 Å². The first-order chi connectivity index (χ1) is 13.2. The minimum atomic E-state index is -0.191. The SMILES string of the molecule is CC(c1ccc2c(n1)OCCO2)N1CCC[C@H](NCc2ccc(F)cc2)C1.S. The molecule has 0 radical (unpaired) electrons. The molecule has 5 nitrogen and oxygen atoms in total. The van der Waals surface area contributed by atoms with Crippen LogP contribution in [-0.4, -0.2) is 42.2 Å². The Kier molecular flexibility index (Phi) is 7.15. The molecule has 2 atom stereocenters. The number of benzene rings is 1. The fourth-order valence-corrected chi connectivity index (χ4v) is 3.75. The third kappa shape index (κ3) is 4.96. The maximum Gasteiger partial charge on any atom is 0.257 e. The smallest absolute Gasteiger partial charge is 0.257 e. The van der Waals surface area contributed by atoms with Crippen LogP contribution >= 0.6 is 13.5 Å². The first-order valence-electron chi connectivity index (χ1n) is 9.67. The van der Waals surface area contributed by atoms with Crippen molar-refractivity contribution in [1.82, 2.24) is 15.2 Å². The second-order valence-electron chi connectivity index (χ2n) is 7.25. The summed E-state index contributed by atoms with van der Waals surface area (Å²) in [5.74, 6) is 1.15. The van der Waals surface area contributed by atoms with Gasteiger partial charge in [0.1, 0.15) is 19.0 Å². The molecule has 2 aromatic rings. The van der Waals surface area contributed by atoms with Gasteiger partial charge >= 0.3 is 0 Å². The van der Waals surface area contributed by atoms with Crippen molar-refractivity contribution in [3.63, 3.8) is 0 Å². The third-order valence-corrected chi connectivity index (χ3v) is 5.36. The van der Waals surface area contributed by atoms with Crippen molar-refractivity contribution in [2.24, 2.45) is 0 Å². The summed E-state index contributed by atoms with van der Waals surface area (Å²) in [7, 11) is 0. The zero-order valence-corrected chi connectivity index (χ0v) is 17.2. The molecule has 152 valence electrons. The highest BCUT2D eigenvalue weighted by atomic mass is 32.1. The summed E-state index contributed by atoms with van der Waals surface area (Å²) in [5, 5.41) is 3.61. The average Bonchev–Trinajstić information content (AvgIpc) is 2.72. The Labute approximate surface area is 172 Å². The van der Waals surface area contributed by atoms with E-state index >= 15 is 0 Å². The summed E-state index contributed by atoms with van der Waals surface area (Å²) in [5.41, 5.74) is 2.12. The molecule has 4 rings (SSSR count). The van der Waals surface area contributed by atoms with E-state index in [1.807, 2.05) is 24.3 Å². The first-order valence-corrected chi connectivity index (χ1v) is 9.67. The molecular weight excluding hydrogens is 377 g/mol. The van der Waals surface area contributed by atoms with E-state index in [0.29, 0.717) is 25.1 Å². The highest BCUT2D eigenvalue weighted by Gasteiger charge is 2.26. The number of halogens is 1. The molecule has 1 aromatic heterocycles. The lowest BCUT2D eigenvalue weighted by Gasteiger charge is -2.37. The molecule has 1 saturated heterocycles. The number of ether oxygens (including phenoxy) is 2. The summed E-state index contributed by atoms with van der Waals surface area (Å²) in [6.07, 6.45) is 2.30. The van der Waals surface area contributed by atoms with E-state index in [0.717, 1.165) is 49.5 Å². The van der Waals surface area contributed by atoms with Crippen molar-refractivity contribution in [3.8, 4) is 11.6 Å². The molecule has 1 aromatic carbocycles. The number of fused-ring (bicyclic) bond motifs is 1. The van der Waals surface area contributed by atoms with Gasteiger partial charge in [-0.25, -0.2) is 9.37 Å². The minimum Gasteiger partial charge on any atom is -0.484 e. The zero-order chi connectivity index (χ0) is 18.6. The van der Waals surface area contributed by atoms with E-state index in [1.54, 1.807) is 0 Å². The van der Waals surface area contributed by atoms with Gasteiger partial charge in [-0.3, -0.25) is 4.90 Å². The van der Waals surface area contributed by atoms with Crippen molar-refractivity contribution >= 4 is 13.5 Å². The molecule has 2 aliphatic heterocycles. The molecular formula is C21H28FN3O2S. The molecule has 28 heavy (non-hydrogen) atoms. The molecule has 1 N–H and O–H groups in total. The third-order valence-electron chi connectivity index (χ3n) is 5.36. The summed E-state index contributed by atoms with van der Waals surface area (Å²) in [6.45, 7) is 6.12. The average molecular weight is 406 g/mol. The van der Waals surface area contributed by atoms with Crippen molar-refractivity contribution in [3.05, 3.63) is 53.5 Å². The van der Waals surface area contributed by atoms with E-state index in [1.165, 1.54) is 12.1 Å². The van der Waals surface area contributed by atoms with Crippen molar-refractivity contribution in [1.29, 1.82) is 0 Å². The van der Waals surface area contributed by atoms with Crippen LogP contribution in [0.25, 0.3) is 0 Å². The minimum absolute atomic E-state index is 0. The van der Waals surface area contributed by atoms with Gasteiger partial charge in [-0.1, -0.05) is 12.1 Å². The highest BCUT2D eigenvalue weighted by molar-refractivity contribution is 7.59. The summed E-state index contributed by atoms with van der Waals surface area (Å²) in [4.78, 5) is 7.13. The fourth-order valence-electron chi connectivity index (χ4n) is 3.75. The van der Waals surface area contributed by atoms with Crippen LogP contribution in [-0.2, 0) is 6.54 Å². The van der Waals surface area contributed by atoms with Crippen molar-refractivity contribution in [2.45, 2.75) is 38.4 Å².